The molecule has 2 atom stereocenters. The van der Waals surface area contributed by atoms with Crippen molar-refractivity contribution in [3.63, 3.8) is 0 Å². The lowest BCUT2D eigenvalue weighted by Crippen LogP contribution is -2.18. The van der Waals surface area contributed by atoms with Gasteiger partial charge in [0.05, 0.1) is 6.61 Å². The minimum Gasteiger partial charge on any atom is -0.486 e. The third-order valence-electron chi connectivity index (χ3n) is 2.81. The highest BCUT2D eigenvalue weighted by Gasteiger charge is 2.15. The van der Waals surface area contributed by atoms with Crippen LogP contribution in [0.25, 0.3) is 0 Å². The van der Waals surface area contributed by atoms with E-state index in [0.717, 1.165) is 22.8 Å². The summed E-state index contributed by atoms with van der Waals surface area (Å²) in [5.74, 6) is 2.34. The quantitative estimate of drug-likeness (QED) is 0.849. The monoisotopic (exact) mass is 269 g/mol. The van der Waals surface area contributed by atoms with E-state index in [4.69, 9.17) is 20.3 Å². The van der Waals surface area contributed by atoms with E-state index in [-0.39, 0.29) is 17.9 Å². The molecule has 1 aromatic carbocycles. The van der Waals surface area contributed by atoms with E-state index in [9.17, 15) is 0 Å². The standard InChI is InChI=1S/C13H19NO3S/c1-9(7-15)18-8-11(14)10-2-3-12-13(6-10)17-5-4-16-12/h2-3,6,9,11,15H,4-5,7-8,14H2,1H3. The first-order chi connectivity index (χ1) is 8.70. The van der Waals surface area contributed by atoms with Gasteiger partial charge < -0.3 is 20.3 Å². The van der Waals surface area contributed by atoms with E-state index >= 15 is 0 Å². The molecule has 5 heteroatoms. The molecule has 18 heavy (non-hydrogen) atoms. The Morgan fingerprint density at radius 3 is 2.78 bits per heavy atom. The summed E-state index contributed by atoms with van der Waals surface area (Å²) in [4.78, 5) is 0. The van der Waals surface area contributed by atoms with Crippen molar-refractivity contribution in [2.24, 2.45) is 5.73 Å². The van der Waals surface area contributed by atoms with Crippen molar-refractivity contribution in [3.8, 4) is 11.5 Å². The van der Waals surface area contributed by atoms with E-state index in [0.29, 0.717) is 13.2 Å². The molecule has 0 radical (unpaired) electrons. The number of ether oxygens (including phenoxy) is 2. The van der Waals surface area contributed by atoms with Gasteiger partial charge in [0.2, 0.25) is 0 Å². The first-order valence-electron chi connectivity index (χ1n) is 6.08. The Balaban J connectivity index is 1.99. The number of hydrogen-bond donors (Lipinski definition) is 2. The van der Waals surface area contributed by atoms with Gasteiger partial charge in [-0.2, -0.15) is 11.8 Å². The van der Waals surface area contributed by atoms with Crippen molar-refractivity contribution in [2.45, 2.75) is 18.2 Å². The maximum atomic E-state index is 8.98. The van der Waals surface area contributed by atoms with E-state index in [1.54, 1.807) is 11.8 Å². The maximum absolute atomic E-state index is 8.98. The highest BCUT2D eigenvalue weighted by Crippen LogP contribution is 2.33. The van der Waals surface area contributed by atoms with Gasteiger partial charge in [0, 0.05) is 17.0 Å². The minimum atomic E-state index is -0.0557. The molecule has 1 aliphatic heterocycles. The second-order valence-corrected chi connectivity index (χ2v) is 5.81. The molecule has 100 valence electrons. The average molecular weight is 269 g/mol. The van der Waals surface area contributed by atoms with Crippen molar-refractivity contribution in [1.29, 1.82) is 0 Å². The molecule has 0 saturated heterocycles. The molecule has 0 bridgehead atoms. The molecule has 0 spiro atoms. The number of aliphatic hydroxyl groups is 1. The second kappa shape index (κ2) is 6.31. The molecule has 2 unspecified atom stereocenters. The molecule has 0 aliphatic carbocycles. The highest BCUT2D eigenvalue weighted by atomic mass is 32.2. The molecule has 0 amide bonds. The van der Waals surface area contributed by atoms with Crippen LogP contribution >= 0.6 is 11.8 Å². The number of thioether (sulfide) groups is 1. The summed E-state index contributed by atoms with van der Waals surface area (Å²) in [6.45, 7) is 3.35. The Bertz CT molecular complexity index is 400. The molecule has 1 heterocycles. The fraction of sp³-hybridized carbons (Fsp3) is 0.538. The Morgan fingerprint density at radius 2 is 2.06 bits per heavy atom. The van der Waals surface area contributed by atoms with E-state index in [2.05, 4.69) is 0 Å². The maximum Gasteiger partial charge on any atom is 0.161 e. The van der Waals surface area contributed by atoms with Crippen molar-refractivity contribution >= 4 is 11.8 Å². The zero-order valence-corrected chi connectivity index (χ0v) is 11.3. The van der Waals surface area contributed by atoms with Crippen LogP contribution in [0.4, 0.5) is 0 Å². The summed E-state index contributed by atoms with van der Waals surface area (Å²) in [6.07, 6.45) is 0. The van der Waals surface area contributed by atoms with Gasteiger partial charge in [-0.15, -0.1) is 0 Å². The Hall–Kier alpha value is -0.910. The lowest BCUT2D eigenvalue weighted by atomic mass is 10.1. The normalized spacial score (nSPS) is 17.3. The Morgan fingerprint density at radius 1 is 1.33 bits per heavy atom. The van der Waals surface area contributed by atoms with Gasteiger partial charge in [-0.1, -0.05) is 13.0 Å². The fourth-order valence-electron chi connectivity index (χ4n) is 1.71. The topological polar surface area (TPSA) is 64.7 Å². The van der Waals surface area contributed by atoms with Crippen LogP contribution in [0, 0.1) is 0 Å². The zero-order chi connectivity index (χ0) is 13.0. The summed E-state index contributed by atoms with van der Waals surface area (Å²) >= 11 is 1.67. The SMILES string of the molecule is CC(CO)SCC(N)c1ccc2c(c1)OCCO2. The summed E-state index contributed by atoms with van der Waals surface area (Å²) in [7, 11) is 0. The summed E-state index contributed by atoms with van der Waals surface area (Å²) in [5.41, 5.74) is 7.17. The Labute approximate surface area is 111 Å². The molecule has 0 fully saturated rings. The summed E-state index contributed by atoms with van der Waals surface area (Å²) in [5, 5.41) is 9.19. The van der Waals surface area contributed by atoms with Crippen molar-refractivity contribution < 1.29 is 14.6 Å². The lowest BCUT2D eigenvalue weighted by molar-refractivity contribution is 0.171. The van der Waals surface area contributed by atoms with Gasteiger partial charge >= 0.3 is 0 Å². The molecule has 2 rings (SSSR count). The summed E-state index contributed by atoms with van der Waals surface area (Å²) in [6, 6.07) is 5.77. The zero-order valence-electron chi connectivity index (χ0n) is 10.5. The van der Waals surface area contributed by atoms with Gasteiger partial charge in [0.25, 0.3) is 0 Å². The number of benzene rings is 1. The molecular formula is C13H19NO3S. The predicted octanol–water partition coefficient (Wildman–Crippen LogP) is 1.57. The van der Waals surface area contributed by atoms with Crippen LogP contribution in [-0.4, -0.2) is 35.9 Å². The highest BCUT2D eigenvalue weighted by molar-refractivity contribution is 7.99. The summed E-state index contributed by atoms with van der Waals surface area (Å²) < 4.78 is 11.0. The smallest absolute Gasteiger partial charge is 0.161 e. The molecule has 0 saturated carbocycles. The van der Waals surface area contributed by atoms with Gasteiger partial charge in [0.1, 0.15) is 13.2 Å². The van der Waals surface area contributed by atoms with Gasteiger partial charge in [-0.3, -0.25) is 0 Å². The molecule has 1 aromatic rings. The number of rotatable bonds is 5. The minimum absolute atomic E-state index is 0.0557. The van der Waals surface area contributed by atoms with Crippen LogP contribution in [0.1, 0.15) is 18.5 Å². The first-order valence-corrected chi connectivity index (χ1v) is 7.13. The van der Waals surface area contributed by atoms with Gasteiger partial charge in [0.15, 0.2) is 11.5 Å². The number of fused-ring (bicyclic) bond motifs is 1. The van der Waals surface area contributed by atoms with Crippen LogP contribution in [0.3, 0.4) is 0 Å². The second-order valence-electron chi connectivity index (χ2n) is 4.34. The largest absolute Gasteiger partial charge is 0.486 e. The number of aliphatic hydroxyl groups excluding tert-OH is 1. The van der Waals surface area contributed by atoms with Crippen molar-refractivity contribution in [2.75, 3.05) is 25.6 Å². The lowest BCUT2D eigenvalue weighted by Gasteiger charge is -2.21. The van der Waals surface area contributed by atoms with Crippen molar-refractivity contribution in [1.82, 2.24) is 0 Å². The van der Waals surface area contributed by atoms with Gasteiger partial charge in [-0.25, -0.2) is 0 Å². The predicted molar refractivity (Wildman–Crippen MR) is 73.4 cm³/mol. The van der Waals surface area contributed by atoms with Crippen LogP contribution in [-0.2, 0) is 0 Å². The van der Waals surface area contributed by atoms with Crippen LogP contribution in [0.5, 0.6) is 11.5 Å². The first kappa shape index (κ1) is 13.5. The van der Waals surface area contributed by atoms with Crippen LogP contribution in [0.2, 0.25) is 0 Å². The molecule has 0 aromatic heterocycles. The third kappa shape index (κ3) is 3.31. The third-order valence-corrected chi connectivity index (χ3v) is 4.08. The molecule has 1 aliphatic rings. The molecular weight excluding hydrogens is 250 g/mol. The number of nitrogens with two attached hydrogens (primary N) is 1. The van der Waals surface area contributed by atoms with Gasteiger partial charge in [-0.05, 0) is 17.7 Å². The van der Waals surface area contributed by atoms with Crippen LogP contribution < -0.4 is 15.2 Å². The van der Waals surface area contributed by atoms with Crippen LogP contribution in [0.15, 0.2) is 18.2 Å². The van der Waals surface area contributed by atoms with E-state index in [1.165, 1.54) is 0 Å². The van der Waals surface area contributed by atoms with Crippen molar-refractivity contribution in [3.05, 3.63) is 23.8 Å². The Kier molecular flexibility index (Phi) is 4.74. The molecule has 4 nitrogen and oxygen atoms in total. The molecule has 3 N–H and O–H groups in total. The average Bonchev–Trinajstić information content (AvgIpc) is 2.43. The fourth-order valence-corrected chi connectivity index (χ4v) is 2.54. The van der Waals surface area contributed by atoms with E-state index < -0.39 is 0 Å². The number of hydrogen-bond acceptors (Lipinski definition) is 5. The van der Waals surface area contributed by atoms with E-state index in [1.807, 2.05) is 25.1 Å².